The summed E-state index contributed by atoms with van der Waals surface area (Å²) in [4.78, 5) is 107. The van der Waals surface area contributed by atoms with Crippen LogP contribution in [0.3, 0.4) is 0 Å². The predicted molar refractivity (Wildman–Crippen MR) is 291 cm³/mol. The fourth-order valence-corrected chi connectivity index (χ4v) is 14.7. The Bertz CT molecular complexity index is 4220. The van der Waals surface area contributed by atoms with Crippen LogP contribution in [-0.2, 0) is 80.4 Å². The van der Waals surface area contributed by atoms with Crippen molar-refractivity contribution in [1.82, 2.24) is 53.6 Å². The fourth-order valence-electron chi connectivity index (χ4n) is 10.3. The molecule has 3 aliphatic rings. The molecule has 0 bridgehead atoms. The summed E-state index contributed by atoms with van der Waals surface area (Å²) in [5, 5.41) is 58.4. The van der Waals surface area contributed by atoms with Crippen molar-refractivity contribution in [2.24, 2.45) is 12.5 Å². The number of aryl methyl sites for hydroxylation is 1. The number of nitrogen functional groups attached to an aromatic ring is 4. The molecule has 9 heterocycles. The van der Waals surface area contributed by atoms with Gasteiger partial charge in [-0.15, -0.1) is 0 Å². The number of hydrogen-bond acceptors (Lipinski definition) is 38. The number of ether oxygens (including phenoxy) is 6. The number of nitrogens with two attached hydrogens (primary N) is 4. The number of benzene rings is 1. The molecule has 12 N–H and O–H groups in total. The van der Waals surface area contributed by atoms with E-state index in [1.54, 1.807) is 26.8 Å². The van der Waals surface area contributed by atoms with Crippen LogP contribution in [0.4, 0.5) is 29.4 Å². The standard InChI is InChI=1S/C44H59N17O27P4.4Na/c1-44(2,3)31(17-8-6-7-9-18(17)61(67)68)79-16-78-29-26(63)20(84-39(29)60-15-57(4)24-35(60)54-43(48)56-37(24)66)11-81-90(71,72)87-92(75,76)88-91(73,74)82-12-21-28(30(77-5)40(85-21)59-13-49-22-32(45)51-41(46)52-33(22)59)86-89(69,70)80-10-19-25(62)27(64)38(83-19)58-14-50-23-34(58)53-42(47)55-36(23)65;;;;/h6-9,13-15,19-21,25-31,38-40,62-64H,10-12,16H2,1-5H3,(H13-,45,46,47,48,51,52,53,54,55,56,65,66,69,70,71,72,73,74,75,76);;;;/q;4*+1/p-4/t19-,20-,21-,25?,26+,27+,28?,29?,30+,31?,38-,39-,40-;;;;/m1..../s1. The Morgan fingerprint density at radius 1 is 0.729 bits per heavy atom. The number of rotatable bonds is 25. The summed E-state index contributed by atoms with van der Waals surface area (Å²) in [6, 6.07) is 5.71. The van der Waals surface area contributed by atoms with Crippen LogP contribution in [0, 0.1) is 15.5 Å². The Kier molecular flexibility index (Phi) is 27.6. The van der Waals surface area contributed by atoms with Crippen molar-refractivity contribution < 1.29 is 241 Å². The van der Waals surface area contributed by atoms with Crippen molar-refractivity contribution in [3.05, 3.63) is 69.3 Å². The molecule has 17 atom stereocenters. The number of para-hydroxylation sites is 1. The van der Waals surface area contributed by atoms with E-state index < -0.39 is 165 Å². The maximum atomic E-state index is 13.7. The molecule has 1 aromatic carbocycles. The molecule has 0 spiro atoms. The van der Waals surface area contributed by atoms with Crippen LogP contribution in [0.2, 0.25) is 0 Å². The molecular formula is C44H55N17Na4O27P4. The number of methoxy groups -OCH3 is 1. The quantitative estimate of drug-likeness (QED) is 0.00658. The number of imidazole rings is 3. The third-order valence-electron chi connectivity index (χ3n) is 14.2. The second kappa shape index (κ2) is 32.3. The largest absolute Gasteiger partial charge is 1.00 e. The van der Waals surface area contributed by atoms with Crippen molar-refractivity contribution in [2.75, 3.05) is 56.7 Å². The van der Waals surface area contributed by atoms with Gasteiger partial charge in [0, 0.05) is 19.1 Å². The van der Waals surface area contributed by atoms with Gasteiger partial charge in [0.25, 0.3) is 48.5 Å². The van der Waals surface area contributed by atoms with Crippen LogP contribution in [0.1, 0.15) is 51.1 Å². The summed E-state index contributed by atoms with van der Waals surface area (Å²) in [5.74, 6) is -2.32. The van der Waals surface area contributed by atoms with Crippen LogP contribution in [0.25, 0.3) is 33.5 Å². The van der Waals surface area contributed by atoms with E-state index in [1.165, 1.54) is 36.1 Å². The Balaban J connectivity index is 0.00000364. The van der Waals surface area contributed by atoms with E-state index >= 15 is 0 Å². The number of nitrogens with zero attached hydrogens (tertiary/aromatic N) is 12. The molecule has 8 unspecified atom stereocenters. The van der Waals surface area contributed by atoms with Gasteiger partial charge in [0.2, 0.25) is 18.1 Å². The van der Waals surface area contributed by atoms with Gasteiger partial charge in [0.15, 0.2) is 46.9 Å². The molecule has 0 aliphatic carbocycles. The fraction of sp³-hybridized carbons (Fsp3) is 0.523. The van der Waals surface area contributed by atoms with Gasteiger partial charge in [-0.3, -0.25) is 51.9 Å². The van der Waals surface area contributed by atoms with E-state index in [0.717, 1.165) is 33.5 Å². The smallest absolute Gasteiger partial charge is 0.856 e. The van der Waals surface area contributed by atoms with E-state index in [1.807, 2.05) is 0 Å². The van der Waals surface area contributed by atoms with E-state index in [9.17, 15) is 73.2 Å². The molecule has 0 saturated carbocycles. The zero-order valence-electron chi connectivity index (χ0n) is 52.0. The van der Waals surface area contributed by atoms with Gasteiger partial charge in [-0.2, -0.15) is 15.0 Å². The molecule has 3 fully saturated rings. The van der Waals surface area contributed by atoms with E-state index in [0.29, 0.717) is 0 Å². The van der Waals surface area contributed by atoms with Crippen LogP contribution in [-0.4, -0.2) is 162 Å². The van der Waals surface area contributed by atoms with Crippen molar-refractivity contribution in [3.63, 3.8) is 0 Å². The number of aromatic nitrogens is 12. The first-order chi connectivity index (χ1) is 43.1. The maximum Gasteiger partial charge on any atom is 1.00 e. The van der Waals surface area contributed by atoms with Crippen LogP contribution in [0.5, 0.6) is 5.88 Å². The Morgan fingerprint density at radius 2 is 1.29 bits per heavy atom. The summed E-state index contributed by atoms with van der Waals surface area (Å²) in [6.45, 7) is 0.500. The number of phosphoric ester groups is 3. The molecule has 0 radical (unpaired) electrons. The summed E-state index contributed by atoms with van der Waals surface area (Å²) in [7, 11) is -22.9. The number of nitrogens with one attached hydrogen (secondary N) is 1. The second-order valence-corrected chi connectivity index (χ2v) is 27.4. The van der Waals surface area contributed by atoms with E-state index in [2.05, 4.69) is 48.5 Å². The Labute approximate surface area is 627 Å². The molecule has 3 saturated heterocycles. The molecule has 96 heavy (non-hydrogen) atoms. The molecule has 7 aromatic rings. The first kappa shape index (κ1) is 82.2. The first-order valence-electron chi connectivity index (χ1n) is 26.5. The van der Waals surface area contributed by atoms with Crippen LogP contribution in [0.15, 0.2) is 48.0 Å². The van der Waals surface area contributed by atoms with E-state index in [4.69, 9.17) is 69.5 Å². The minimum atomic E-state index is -6.72. The van der Waals surface area contributed by atoms with Gasteiger partial charge in [0.1, 0.15) is 67.2 Å². The summed E-state index contributed by atoms with van der Waals surface area (Å²) in [6.07, 6.45) is -19.2. The summed E-state index contributed by atoms with van der Waals surface area (Å²) < 4.78 is 121. The number of aromatic amines is 1. The number of H-pyrrole nitrogens is 1. The van der Waals surface area contributed by atoms with E-state index in [-0.39, 0.29) is 181 Å². The number of anilines is 4. The van der Waals surface area contributed by atoms with Crippen molar-refractivity contribution in [3.8, 4) is 5.88 Å². The van der Waals surface area contributed by atoms with Gasteiger partial charge < -0.3 is 109 Å². The van der Waals surface area contributed by atoms with Gasteiger partial charge >= 0.3 is 124 Å². The van der Waals surface area contributed by atoms with Gasteiger partial charge in [-0.25, -0.2) is 28.1 Å². The second-order valence-electron chi connectivity index (χ2n) is 21.5. The summed E-state index contributed by atoms with van der Waals surface area (Å²) in [5.41, 5.74) is 20.5. The molecule has 6 aromatic heterocycles. The average Bonchev–Trinajstić information content (AvgIpc) is 1.61. The topological polar surface area (TPSA) is 644 Å². The van der Waals surface area contributed by atoms with Crippen LogP contribution < -0.4 is 176 Å². The first-order valence-corrected chi connectivity index (χ1v) is 32.4. The maximum absolute atomic E-state index is 13.7. The van der Waals surface area contributed by atoms with Gasteiger partial charge in [-0.05, 0) is 11.5 Å². The average molecular weight is 1470 g/mol. The Morgan fingerprint density at radius 3 is 1.92 bits per heavy atom. The zero-order valence-corrected chi connectivity index (χ0v) is 63.6. The van der Waals surface area contributed by atoms with Crippen molar-refractivity contribution in [2.45, 2.75) is 100 Å². The molecular weight excluding hydrogens is 1410 g/mol. The number of nitro groups is 1. The molecule has 0 amide bonds. The third kappa shape index (κ3) is 18.0. The minimum absolute atomic E-state index is 0. The summed E-state index contributed by atoms with van der Waals surface area (Å²) >= 11 is 0. The predicted octanol–water partition coefficient (Wildman–Crippen LogP) is -16.2. The SMILES string of the molecule is CO[C@H]1C(OP(=O)([O-])OC[C@H]2O[C@@H](n3cnc4c(=O)[nH]c(N)nc43)[C@@H](O)C2O)[C@@H](COP(=O)([O-])OP(=O)([O-])OP(=O)([O-])OC[C@H]2O[C@@H]([n+]3cn(C)c4c([O-])nc(N)nc43)C(OCOC(c3ccccc3[N+](=O)[O-])C(C)(C)C)[C@H]2O)O[C@H]1n1cnc2c(N)nc(N)nc21.[Na+].[Na+].[Na+].[Na+]. The third-order valence-corrected chi connectivity index (χ3v) is 19.3. The number of aliphatic hydroxyl groups excluding tert-OH is 3. The van der Waals surface area contributed by atoms with Crippen LogP contribution >= 0.6 is 31.3 Å². The monoisotopic (exact) mass is 1470 g/mol. The van der Waals surface area contributed by atoms with Gasteiger partial charge in [-0.1, -0.05) is 37.9 Å². The van der Waals surface area contributed by atoms with Gasteiger partial charge in [0.05, 0.1) is 56.1 Å². The number of nitro benzene ring substituents is 1. The molecule has 10 rings (SSSR count). The minimum Gasteiger partial charge on any atom is -0.856 e. The number of aliphatic hydroxyl groups is 3. The molecule has 502 valence electrons. The normalized spacial score (nSPS) is 26.4. The number of fused-ring (bicyclic) bond motifs is 3. The zero-order chi connectivity index (χ0) is 66.9. The molecule has 44 nitrogen and oxygen atoms in total. The number of hydrogen-bond donors (Lipinski definition) is 8. The Hall–Kier alpha value is -2.77. The number of phosphoric acid groups is 4. The molecule has 52 heteroatoms. The molecule has 3 aliphatic heterocycles. The van der Waals surface area contributed by atoms with Crippen molar-refractivity contribution in [1.29, 1.82) is 0 Å². The van der Waals surface area contributed by atoms with Crippen molar-refractivity contribution >= 4 is 94.1 Å².